The molecule has 1 aliphatic rings. The zero-order valence-corrected chi connectivity index (χ0v) is 11.8. The molecule has 0 aliphatic carbocycles. The highest BCUT2D eigenvalue weighted by atomic mass is 16.2. The van der Waals surface area contributed by atoms with Crippen molar-refractivity contribution in [3.63, 3.8) is 0 Å². The third-order valence-electron chi connectivity index (χ3n) is 3.38. The fraction of sp³-hybridized carbons (Fsp3) is 0.750. The summed E-state index contributed by atoms with van der Waals surface area (Å²) in [5, 5.41) is 10.2. The molecule has 1 aromatic rings. The number of carbonyl (C=O) groups excluding carboxylic acids is 1. The Morgan fingerprint density at radius 3 is 3.11 bits per heavy atom. The minimum absolute atomic E-state index is 0.0443. The van der Waals surface area contributed by atoms with Gasteiger partial charge in [-0.3, -0.25) is 9.69 Å². The summed E-state index contributed by atoms with van der Waals surface area (Å²) in [6.07, 6.45) is 1.58. The lowest BCUT2D eigenvalue weighted by Gasteiger charge is -2.34. The summed E-state index contributed by atoms with van der Waals surface area (Å²) in [5.74, 6) is 0.952. The molecule has 7 heteroatoms. The highest BCUT2D eigenvalue weighted by Crippen LogP contribution is 2.12. The molecule has 106 valence electrons. The quantitative estimate of drug-likeness (QED) is 0.759. The molecule has 0 aromatic carbocycles. The van der Waals surface area contributed by atoms with Crippen LogP contribution in [0.25, 0.3) is 0 Å². The zero-order chi connectivity index (χ0) is 13.8. The van der Waals surface area contributed by atoms with Gasteiger partial charge in [-0.2, -0.15) is 5.10 Å². The smallest absolute Gasteiger partial charge is 0.238 e. The van der Waals surface area contributed by atoms with Gasteiger partial charge in [-0.15, -0.1) is 0 Å². The summed E-state index contributed by atoms with van der Waals surface area (Å²) < 4.78 is 1.91. The van der Waals surface area contributed by atoms with E-state index in [9.17, 15) is 4.79 Å². The number of piperazine rings is 1. The number of aromatic nitrogens is 3. The van der Waals surface area contributed by atoms with Crippen molar-refractivity contribution in [2.45, 2.75) is 32.5 Å². The Morgan fingerprint density at radius 2 is 2.42 bits per heavy atom. The lowest BCUT2D eigenvalue weighted by atomic mass is 10.1. The Kier molecular flexibility index (Phi) is 4.49. The van der Waals surface area contributed by atoms with Crippen molar-refractivity contribution in [2.24, 2.45) is 0 Å². The van der Waals surface area contributed by atoms with Crippen LogP contribution >= 0.6 is 0 Å². The Labute approximate surface area is 113 Å². The van der Waals surface area contributed by atoms with Crippen LogP contribution in [0.4, 0.5) is 0 Å². The number of rotatable bonds is 4. The number of hydrogen-bond acceptors (Lipinski definition) is 5. The molecule has 2 heterocycles. The van der Waals surface area contributed by atoms with E-state index in [0.29, 0.717) is 13.1 Å². The maximum Gasteiger partial charge on any atom is 0.238 e. The number of nitrogens with zero attached hydrogens (tertiary/aromatic N) is 4. The van der Waals surface area contributed by atoms with Gasteiger partial charge in [0.15, 0.2) is 0 Å². The maximum absolute atomic E-state index is 11.9. The second-order valence-corrected chi connectivity index (χ2v) is 5.02. The molecule has 0 spiro atoms. The summed E-state index contributed by atoms with van der Waals surface area (Å²) in [6, 6.07) is 0.134. The van der Waals surface area contributed by atoms with Crippen molar-refractivity contribution in [3.05, 3.63) is 12.2 Å². The van der Waals surface area contributed by atoms with Gasteiger partial charge in [0.05, 0.1) is 6.54 Å². The van der Waals surface area contributed by atoms with E-state index in [1.165, 1.54) is 0 Å². The van der Waals surface area contributed by atoms with Gasteiger partial charge in [0, 0.05) is 32.7 Å². The van der Waals surface area contributed by atoms with Gasteiger partial charge in [0.25, 0.3) is 0 Å². The molecular weight excluding hydrogens is 244 g/mol. The van der Waals surface area contributed by atoms with Gasteiger partial charge in [-0.05, 0) is 13.8 Å². The molecular formula is C12H22N6O. The molecule has 1 saturated heterocycles. The Hall–Kier alpha value is -1.47. The molecule has 19 heavy (non-hydrogen) atoms. The van der Waals surface area contributed by atoms with Crippen molar-refractivity contribution in [1.29, 1.82) is 0 Å². The van der Waals surface area contributed by atoms with Crippen LogP contribution in [0, 0.1) is 0 Å². The molecule has 0 bridgehead atoms. The predicted octanol–water partition coefficient (Wildman–Crippen LogP) is -0.621. The monoisotopic (exact) mass is 266 g/mol. The lowest BCUT2D eigenvalue weighted by Crippen LogP contribution is -2.57. The number of carbonyl (C=O) groups is 1. The standard InChI is InChI=1S/C12H22N6O/c1-9(2)18-11(15-8-16-18)7-17-5-4-14-6-10(17)12(19)13-3/h8-10,14H,4-7H2,1-3H3,(H,13,19). The molecule has 0 radical (unpaired) electrons. The van der Waals surface area contributed by atoms with Crippen LogP contribution < -0.4 is 10.6 Å². The maximum atomic E-state index is 11.9. The summed E-state index contributed by atoms with van der Waals surface area (Å²) in [5.41, 5.74) is 0. The van der Waals surface area contributed by atoms with E-state index in [2.05, 4.69) is 39.5 Å². The van der Waals surface area contributed by atoms with Crippen LogP contribution in [0.15, 0.2) is 6.33 Å². The predicted molar refractivity (Wildman–Crippen MR) is 71.5 cm³/mol. The number of nitrogens with one attached hydrogen (secondary N) is 2. The number of likely N-dealkylation sites (N-methyl/N-ethyl adjacent to an activating group) is 1. The molecule has 1 aromatic heterocycles. The van der Waals surface area contributed by atoms with E-state index in [1.807, 2.05) is 4.68 Å². The molecule has 1 fully saturated rings. The molecule has 7 nitrogen and oxygen atoms in total. The van der Waals surface area contributed by atoms with E-state index >= 15 is 0 Å². The zero-order valence-electron chi connectivity index (χ0n) is 11.8. The Morgan fingerprint density at radius 1 is 1.63 bits per heavy atom. The van der Waals surface area contributed by atoms with Crippen molar-refractivity contribution in [1.82, 2.24) is 30.3 Å². The second kappa shape index (κ2) is 6.12. The first-order chi connectivity index (χ1) is 9.13. The third kappa shape index (κ3) is 3.10. The van der Waals surface area contributed by atoms with Crippen LogP contribution in [-0.4, -0.2) is 58.3 Å². The van der Waals surface area contributed by atoms with Gasteiger partial charge in [0.1, 0.15) is 18.2 Å². The topological polar surface area (TPSA) is 75.1 Å². The molecule has 1 unspecified atom stereocenters. The number of amides is 1. The molecule has 2 rings (SSSR count). The first-order valence-electron chi connectivity index (χ1n) is 6.68. The SMILES string of the molecule is CNC(=O)C1CNCCN1Cc1ncnn1C(C)C. The van der Waals surface area contributed by atoms with Crippen molar-refractivity contribution < 1.29 is 4.79 Å². The van der Waals surface area contributed by atoms with Crippen LogP contribution in [0.3, 0.4) is 0 Å². The molecule has 1 amide bonds. The van der Waals surface area contributed by atoms with Crippen LogP contribution in [0.2, 0.25) is 0 Å². The van der Waals surface area contributed by atoms with E-state index in [4.69, 9.17) is 0 Å². The summed E-state index contributed by atoms with van der Waals surface area (Å²) in [7, 11) is 1.67. The second-order valence-electron chi connectivity index (χ2n) is 5.02. The van der Waals surface area contributed by atoms with Gasteiger partial charge in [0.2, 0.25) is 5.91 Å². The largest absolute Gasteiger partial charge is 0.358 e. The van der Waals surface area contributed by atoms with Crippen LogP contribution in [0.1, 0.15) is 25.7 Å². The summed E-state index contributed by atoms with van der Waals surface area (Å²) in [6.45, 7) is 7.21. The first kappa shape index (κ1) is 14.0. The molecule has 1 aliphatic heterocycles. The lowest BCUT2D eigenvalue weighted by molar-refractivity contribution is -0.126. The van der Waals surface area contributed by atoms with Gasteiger partial charge in [-0.25, -0.2) is 9.67 Å². The number of hydrogen-bond donors (Lipinski definition) is 2. The third-order valence-corrected chi connectivity index (χ3v) is 3.38. The normalized spacial score (nSPS) is 20.7. The average Bonchev–Trinajstić information content (AvgIpc) is 2.87. The Balaban J connectivity index is 2.11. The fourth-order valence-electron chi connectivity index (χ4n) is 2.36. The van der Waals surface area contributed by atoms with E-state index in [0.717, 1.165) is 18.9 Å². The highest BCUT2D eigenvalue weighted by Gasteiger charge is 2.29. The van der Waals surface area contributed by atoms with E-state index in [1.54, 1.807) is 13.4 Å². The highest BCUT2D eigenvalue weighted by molar-refractivity contribution is 5.81. The van der Waals surface area contributed by atoms with Crippen LogP contribution in [-0.2, 0) is 11.3 Å². The first-order valence-corrected chi connectivity index (χ1v) is 6.68. The van der Waals surface area contributed by atoms with Gasteiger partial charge < -0.3 is 10.6 Å². The van der Waals surface area contributed by atoms with E-state index in [-0.39, 0.29) is 18.0 Å². The average molecular weight is 266 g/mol. The van der Waals surface area contributed by atoms with Gasteiger partial charge >= 0.3 is 0 Å². The molecule has 1 atom stereocenters. The van der Waals surface area contributed by atoms with Crippen molar-refractivity contribution >= 4 is 5.91 Å². The molecule has 0 saturated carbocycles. The fourth-order valence-corrected chi connectivity index (χ4v) is 2.36. The Bertz CT molecular complexity index is 430. The van der Waals surface area contributed by atoms with Crippen molar-refractivity contribution in [2.75, 3.05) is 26.7 Å². The van der Waals surface area contributed by atoms with E-state index < -0.39 is 0 Å². The summed E-state index contributed by atoms with van der Waals surface area (Å²) >= 11 is 0. The molecule has 2 N–H and O–H groups in total. The van der Waals surface area contributed by atoms with Crippen molar-refractivity contribution in [3.8, 4) is 0 Å². The van der Waals surface area contributed by atoms with Crippen LogP contribution in [0.5, 0.6) is 0 Å². The summed E-state index contributed by atoms with van der Waals surface area (Å²) in [4.78, 5) is 18.3. The minimum atomic E-state index is -0.143. The van der Waals surface area contributed by atoms with Gasteiger partial charge in [-0.1, -0.05) is 0 Å². The minimum Gasteiger partial charge on any atom is -0.358 e.